The fraction of sp³-hybridized carbons (Fsp3) is 0. The molecule has 1 aliphatic carbocycles. The van der Waals surface area contributed by atoms with Crippen LogP contribution >= 0.6 is 0 Å². The van der Waals surface area contributed by atoms with Crippen LogP contribution in [0.5, 0.6) is 11.5 Å². The van der Waals surface area contributed by atoms with Crippen molar-refractivity contribution in [3.8, 4) is 11.5 Å². The van der Waals surface area contributed by atoms with Crippen molar-refractivity contribution in [2.75, 3.05) is 0 Å². The second-order valence-electron chi connectivity index (χ2n) is 6.11. The van der Waals surface area contributed by atoms with Gasteiger partial charge in [-0.3, -0.25) is 38.9 Å². The van der Waals surface area contributed by atoms with E-state index in [1.165, 1.54) is 0 Å². The summed E-state index contributed by atoms with van der Waals surface area (Å²) in [6.45, 7) is 0. The summed E-state index contributed by atoms with van der Waals surface area (Å²) < 4.78 is 64.3. The van der Waals surface area contributed by atoms with Gasteiger partial charge in [0.05, 0.1) is 21.0 Å². The van der Waals surface area contributed by atoms with E-state index in [2.05, 4.69) is 0 Å². The zero-order valence-corrected chi connectivity index (χ0v) is 24.6. The molecule has 4 N–H and O–H groups in total. The largest absolute Gasteiger partial charge is 1.00 e. The molecule has 0 bridgehead atoms. The van der Waals surface area contributed by atoms with Crippen molar-refractivity contribution in [2.45, 2.75) is 9.79 Å². The zero-order chi connectivity index (χ0) is 24.5. The van der Waals surface area contributed by atoms with Crippen LogP contribution in [0.25, 0.3) is 0 Å². The molecule has 2 aromatic rings. The smallest absolute Gasteiger partial charge is 0.506 e. The van der Waals surface area contributed by atoms with E-state index in [9.17, 15) is 66.0 Å². The average Bonchev–Trinajstić information content (AvgIpc) is 2.62. The van der Waals surface area contributed by atoms with Crippen LogP contribution in [0.2, 0.25) is 0 Å². The van der Waals surface area contributed by atoms with Gasteiger partial charge in [0.15, 0.2) is 0 Å². The van der Waals surface area contributed by atoms with E-state index in [0.717, 1.165) is 0 Å². The van der Waals surface area contributed by atoms with E-state index >= 15 is 0 Å². The number of rotatable bonds is 4. The molecule has 0 aliphatic heterocycles. The van der Waals surface area contributed by atoms with Gasteiger partial charge >= 0.3 is 103 Å². The summed E-state index contributed by atoms with van der Waals surface area (Å²) in [6.07, 6.45) is 0. The zero-order valence-electron chi connectivity index (χ0n) is 16.7. The number of benzene rings is 2. The molecule has 20 heteroatoms. The van der Waals surface area contributed by atoms with Crippen molar-refractivity contribution in [3.63, 3.8) is 0 Å². The predicted molar refractivity (Wildman–Crippen MR) is 96.0 cm³/mol. The molecule has 16 nitrogen and oxygen atoms in total. The number of nitro groups is 2. The molecule has 0 heterocycles. The molecule has 3 rings (SSSR count). The number of carbonyl (C=O) groups excluding carboxylic acids is 2. The maximum Gasteiger partial charge on any atom is 1.00 e. The molecular weight excluding hydrogens is 562 g/mol. The first-order valence-corrected chi connectivity index (χ1v) is 10.5. The first-order chi connectivity index (χ1) is 14.5. The van der Waals surface area contributed by atoms with Gasteiger partial charge in [-0.1, -0.05) is 0 Å². The van der Waals surface area contributed by atoms with Gasteiger partial charge < -0.3 is 10.2 Å². The van der Waals surface area contributed by atoms with Crippen LogP contribution in [0.3, 0.4) is 0 Å². The second-order valence-corrected chi connectivity index (χ2v) is 8.89. The number of nitrogens with zero attached hydrogens (tertiary/aromatic N) is 2. The molecule has 0 spiro atoms. The topological polar surface area (TPSA) is 270 Å². The molecule has 0 radical (unpaired) electrons. The third-order valence-corrected chi connectivity index (χ3v) is 6.08. The number of nitro benzene ring substituents is 2. The standard InChI is InChI=1S/C14H6N2O14S2.2K/c17-11-5(31(25,26)27)1-3(15(21)22)7-9(11)14(20)10-8(13(7)19)4(16(23)24)2-6(12(10)18)32(28,29)30;;/h1-2,17-18H,(H,25,26,27)(H,28,29,30);;/q;2*+1. The Kier molecular flexibility index (Phi) is 9.51. The molecule has 0 saturated heterocycles. The number of aromatic hydroxyl groups is 2. The minimum Gasteiger partial charge on any atom is -0.506 e. The van der Waals surface area contributed by atoms with Crippen molar-refractivity contribution in [2.24, 2.45) is 0 Å². The number of fused-ring (bicyclic) bond motifs is 2. The summed E-state index contributed by atoms with van der Waals surface area (Å²) in [7, 11) is -10.9. The van der Waals surface area contributed by atoms with Gasteiger partial charge in [-0.05, 0) is 0 Å². The summed E-state index contributed by atoms with van der Waals surface area (Å²) in [4.78, 5) is 42.7. The Balaban J connectivity index is 0.00000289. The van der Waals surface area contributed by atoms with Crippen LogP contribution < -0.4 is 103 Å². The summed E-state index contributed by atoms with van der Waals surface area (Å²) >= 11 is 0. The van der Waals surface area contributed by atoms with Crippen molar-refractivity contribution >= 4 is 43.2 Å². The fourth-order valence-electron chi connectivity index (χ4n) is 3.10. The molecule has 0 unspecified atom stereocenters. The monoisotopic (exact) mass is 568 g/mol. The van der Waals surface area contributed by atoms with Gasteiger partial charge in [-0.2, -0.15) is 16.8 Å². The first-order valence-electron chi connectivity index (χ1n) is 7.63. The minimum atomic E-state index is -5.43. The molecule has 0 aromatic heterocycles. The maximum atomic E-state index is 12.9. The molecule has 34 heavy (non-hydrogen) atoms. The number of hydrogen-bond acceptors (Lipinski definition) is 12. The molecule has 0 amide bonds. The van der Waals surface area contributed by atoms with Crippen LogP contribution in [0.4, 0.5) is 11.4 Å². The van der Waals surface area contributed by atoms with Gasteiger partial charge in [0.25, 0.3) is 31.6 Å². The normalized spacial score (nSPS) is 12.6. The van der Waals surface area contributed by atoms with Gasteiger partial charge in [0, 0.05) is 12.1 Å². The van der Waals surface area contributed by atoms with E-state index in [4.69, 9.17) is 0 Å². The van der Waals surface area contributed by atoms with E-state index in [0.29, 0.717) is 0 Å². The number of phenolic OH excluding ortho intramolecular Hbond substituents is 2. The van der Waals surface area contributed by atoms with E-state index in [1.807, 2.05) is 0 Å². The predicted octanol–water partition coefficient (Wildman–Crippen LogP) is -5.81. The average molecular weight is 569 g/mol. The van der Waals surface area contributed by atoms with Crippen LogP contribution in [0.15, 0.2) is 21.9 Å². The van der Waals surface area contributed by atoms with Crippen LogP contribution in [-0.2, 0) is 20.2 Å². The summed E-state index contributed by atoms with van der Waals surface area (Å²) in [5, 5.41) is 43.1. The Morgan fingerprint density at radius 1 is 0.647 bits per heavy atom. The van der Waals surface area contributed by atoms with Crippen LogP contribution in [0, 0.1) is 20.2 Å². The summed E-state index contributed by atoms with van der Waals surface area (Å²) in [5.74, 6) is -6.94. The molecule has 2 aromatic carbocycles. The van der Waals surface area contributed by atoms with Gasteiger partial charge in [-0.25, -0.2) is 0 Å². The van der Waals surface area contributed by atoms with Gasteiger partial charge in [0.2, 0.25) is 11.6 Å². The first kappa shape index (κ1) is 31.3. The number of hydrogen-bond donors (Lipinski definition) is 4. The summed E-state index contributed by atoms with van der Waals surface area (Å²) in [6, 6.07) is 0.0514. The van der Waals surface area contributed by atoms with Crippen molar-refractivity contribution in [1.82, 2.24) is 0 Å². The van der Waals surface area contributed by atoms with Crippen molar-refractivity contribution in [1.29, 1.82) is 0 Å². The number of carbonyl (C=O) groups is 2. The van der Waals surface area contributed by atoms with E-state index in [1.54, 1.807) is 0 Å². The quantitative estimate of drug-likeness (QED) is 0.0988. The molecule has 0 fully saturated rings. The van der Waals surface area contributed by atoms with Gasteiger partial charge in [0.1, 0.15) is 32.4 Å². The van der Waals surface area contributed by atoms with Crippen molar-refractivity contribution in [3.05, 3.63) is 54.6 Å². The van der Waals surface area contributed by atoms with E-state index in [-0.39, 0.29) is 115 Å². The Bertz CT molecular complexity index is 1420. The van der Waals surface area contributed by atoms with E-state index < -0.39 is 96.6 Å². The molecule has 0 atom stereocenters. The SMILES string of the molecule is O=C1c2c([N+](=O)[O-])cc(S(=O)(=O)O)c(O)c2C(=O)c2c(O)c(S(=O)(=O)O)cc([N+](=O)[O-])c21.[K+].[K+]. The van der Waals surface area contributed by atoms with Crippen LogP contribution in [0.1, 0.15) is 31.8 Å². The Morgan fingerprint density at radius 2 is 0.912 bits per heavy atom. The Labute approximate surface area is 273 Å². The molecule has 1 aliphatic rings. The van der Waals surface area contributed by atoms with Crippen LogP contribution in [-0.4, -0.2) is 57.6 Å². The maximum absolute atomic E-state index is 12.9. The number of phenols is 2. The third-order valence-electron chi connectivity index (χ3n) is 4.35. The van der Waals surface area contributed by atoms with Crippen molar-refractivity contribution < 1.29 is 158 Å². The Morgan fingerprint density at radius 3 is 1.15 bits per heavy atom. The fourth-order valence-corrected chi connectivity index (χ4v) is 4.32. The molecule has 0 saturated carbocycles. The minimum absolute atomic E-state index is 0. The van der Waals surface area contributed by atoms with Gasteiger partial charge in [-0.15, -0.1) is 0 Å². The number of ketones is 2. The molecule has 168 valence electrons. The molecular formula is C14H6K2N2O14S2+2. The Hall–Kier alpha value is -0.727. The third kappa shape index (κ3) is 5.06. The summed E-state index contributed by atoms with van der Waals surface area (Å²) in [5.41, 5.74) is -8.47. The second kappa shape index (κ2) is 10.3.